The van der Waals surface area contributed by atoms with Crippen LogP contribution < -0.4 is 19.7 Å². The number of nitrogen functional groups attached to an aromatic ring is 1. The van der Waals surface area contributed by atoms with Crippen molar-refractivity contribution in [2.24, 2.45) is 5.41 Å². The molecule has 0 spiro atoms. The van der Waals surface area contributed by atoms with E-state index in [0.717, 1.165) is 52.5 Å². The van der Waals surface area contributed by atoms with Gasteiger partial charge in [0.2, 0.25) is 23.6 Å². The molecular weight excluding hydrogens is 693 g/mol. The number of likely N-dealkylation sites (tertiary alicyclic amines) is 1. The molecule has 0 bridgehead atoms. The minimum absolute atomic E-state index is 0.0479. The molecule has 2 N–H and O–H groups in total. The second-order valence-electron chi connectivity index (χ2n) is 12.5. The molecule has 2 aromatic heterocycles. The number of esters is 2. The molecule has 266 valence electrons. The average molecular weight is 729 g/mol. The van der Waals surface area contributed by atoms with Crippen molar-refractivity contribution >= 4 is 66.8 Å². The fourth-order valence-electron chi connectivity index (χ4n) is 5.62. The minimum Gasteiger partial charge on any atom is -0.427 e. The summed E-state index contributed by atoms with van der Waals surface area (Å²) in [5, 5.41) is 1.34. The molecule has 0 radical (unpaired) electrons. The van der Waals surface area contributed by atoms with E-state index >= 15 is 0 Å². The summed E-state index contributed by atoms with van der Waals surface area (Å²) in [6.07, 6.45) is -1.07. The highest BCUT2D eigenvalue weighted by atomic mass is 32.2. The van der Waals surface area contributed by atoms with E-state index < -0.39 is 71.6 Å². The van der Waals surface area contributed by atoms with Gasteiger partial charge in [0.1, 0.15) is 28.7 Å². The number of thiol groups is 1. The van der Waals surface area contributed by atoms with Gasteiger partial charge in [-0.05, 0) is 69.2 Å². The Balaban J connectivity index is 1.47. The number of hydrogen-bond acceptors (Lipinski definition) is 13. The van der Waals surface area contributed by atoms with Crippen LogP contribution in [0.5, 0.6) is 5.75 Å². The van der Waals surface area contributed by atoms with Gasteiger partial charge in [-0.2, -0.15) is 0 Å². The molecule has 2 saturated heterocycles. The summed E-state index contributed by atoms with van der Waals surface area (Å²) in [6.45, 7) is 5.29. The fraction of sp³-hybridized carbons (Fsp3) is 0.500. The smallest absolute Gasteiger partial charge is 0.427 e. The maximum absolute atomic E-state index is 14.0. The third-order valence-electron chi connectivity index (χ3n) is 8.03. The summed E-state index contributed by atoms with van der Waals surface area (Å²) < 4.78 is 81.3. The molecule has 1 amide bonds. The minimum atomic E-state index is -5.13. The standard InChI is InChI=1S/C30H35F3N6O8S2/c1-29(2,3)27(42)46-16-45-26(41)21(13-18-12-17-6-8-35-24(34)19(17)14-22(18)47-30(31,32)33)38-11-7-20(25(38)40)39(49(43)44)23-15-36-28(48-23)37-9-4-5-10-37/h6,8,12,14-15,20-21,49H,4-5,7,9-11,13,16H2,1-3H3,(H2,34,35)/t20-,21+/m0/s1. The quantitative estimate of drug-likeness (QED) is 0.168. The van der Waals surface area contributed by atoms with Crippen LogP contribution in [0.15, 0.2) is 30.6 Å². The lowest BCUT2D eigenvalue weighted by Gasteiger charge is -2.28. The fourth-order valence-corrected chi connectivity index (χ4v) is 7.53. The van der Waals surface area contributed by atoms with Gasteiger partial charge in [0, 0.05) is 37.6 Å². The molecule has 2 fully saturated rings. The Kier molecular flexibility index (Phi) is 10.4. The van der Waals surface area contributed by atoms with Gasteiger partial charge in [-0.15, -0.1) is 13.2 Å². The third kappa shape index (κ3) is 8.26. The van der Waals surface area contributed by atoms with Crippen LogP contribution in [0.4, 0.5) is 29.1 Å². The number of halogens is 3. The zero-order chi connectivity index (χ0) is 35.7. The van der Waals surface area contributed by atoms with Gasteiger partial charge < -0.3 is 29.7 Å². The SMILES string of the molecule is CC(C)(C)C(=O)OCOC(=O)[C@@H](Cc1cc2ccnc(N)c2cc1OC(F)(F)F)N1CC[C@H](N(c2cnc(N3CCCC3)s2)[SH](=O)=O)C1=O. The first kappa shape index (κ1) is 35.9. The van der Waals surface area contributed by atoms with E-state index in [1.807, 2.05) is 4.90 Å². The number of carbonyl (C=O) groups excluding carboxylic acids is 3. The Bertz CT molecular complexity index is 1800. The highest BCUT2D eigenvalue weighted by molar-refractivity contribution is 7.74. The number of hydrogen-bond donors (Lipinski definition) is 2. The normalized spacial score (nSPS) is 17.5. The molecule has 4 heterocycles. The first-order valence-corrected chi connectivity index (χ1v) is 17.2. The highest BCUT2D eigenvalue weighted by Crippen LogP contribution is 2.37. The lowest BCUT2D eigenvalue weighted by atomic mass is 9.98. The molecule has 2 aliphatic heterocycles. The number of fused-ring (bicyclic) bond motifs is 1. The lowest BCUT2D eigenvalue weighted by molar-refractivity contribution is -0.274. The number of rotatable bonds is 11. The van der Waals surface area contributed by atoms with Gasteiger partial charge in [0.05, 0.1) is 11.6 Å². The van der Waals surface area contributed by atoms with Crippen molar-refractivity contribution in [2.45, 2.75) is 64.9 Å². The summed E-state index contributed by atoms with van der Waals surface area (Å²) in [6, 6.07) is 1.01. The van der Waals surface area contributed by atoms with Crippen LogP contribution >= 0.6 is 11.3 Å². The van der Waals surface area contributed by atoms with Gasteiger partial charge in [-0.25, -0.2) is 27.5 Å². The van der Waals surface area contributed by atoms with Gasteiger partial charge in [0.15, 0.2) is 5.13 Å². The Morgan fingerprint density at radius 2 is 1.84 bits per heavy atom. The van der Waals surface area contributed by atoms with Crippen LogP contribution in [0, 0.1) is 5.41 Å². The zero-order valence-electron chi connectivity index (χ0n) is 26.8. The number of nitrogens with two attached hydrogens (primary N) is 1. The number of nitrogens with zero attached hydrogens (tertiary/aromatic N) is 5. The van der Waals surface area contributed by atoms with Crippen LogP contribution in [-0.2, 0) is 41.2 Å². The van der Waals surface area contributed by atoms with Crippen LogP contribution in [0.2, 0.25) is 0 Å². The van der Waals surface area contributed by atoms with Crippen molar-refractivity contribution in [2.75, 3.05) is 41.4 Å². The average Bonchev–Trinajstić information content (AvgIpc) is 3.78. The zero-order valence-corrected chi connectivity index (χ0v) is 28.5. The van der Waals surface area contributed by atoms with Crippen molar-refractivity contribution in [3.05, 3.63) is 36.2 Å². The van der Waals surface area contributed by atoms with E-state index in [1.165, 1.54) is 24.5 Å². The van der Waals surface area contributed by atoms with Crippen LogP contribution in [0.3, 0.4) is 0 Å². The van der Waals surface area contributed by atoms with Crippen molar-refractivity contribution in [3.63, 3.8) is 0 Å². The number of ether oxygens (including phenoxy) is 3. The van der Waals surface area contributed by atoms with Crippen LogP contribution in [0.25, 0.3) is 10.8 Å². The molecule has 14 nitrogen and oxygen atoms in total. The van der Waals surface area contributed by atoms with Crippen molar-refractivity contribution in [3.8, 4) is 5.75 Å². The molecule has 49 heavy (non-hydrogen) atoms. The first-order chi connectivity index (χ1) is 23.0. The topological polar surface area (TPSA) is 175 Å². The molecule has 0 saturated carbocycles. The Morgan fingerprint density at radius 3 is 2.49 bits per heavy atom. The summed E-state index contributed by atoms with van der Waals surface area (Å²) in [5.41, 5.74) is 4.83. The maximum atomic E-state index is 14.0. The molecular formula is C30H35F3N6O8S2. The van der Waals surface area contributed by atoms with Gasteiger partial charge in [-0.1, -0.05) is 11.3 Å². The summed E-state index contributed by atoms with van der Waals surface area (Å²) in [4.78, 5) is 51.2. The molecule has 0 aliphatic carbocycles. The third-order valence-corrected chi connectivity index (χ3v) is 10.1. The first-order valence-electron chi connectivity index (χ1n) is 15.2. The number of aromatic nitrogens is 2. The largest absolute Gasteiger partial charge is 0.573 e. The van der Waals surface area contributed by atoms with E-state index in [4.69, 9.17) is 15.2 Å². The number of carbonyl (C=O) groups is 3. The van der Waals surface area contributed by atoms with Gasteiger partial charge in [0.25, 0.3) is 0 Å². The van der Waals surface area contributed by atoms with Crippen molar-refractivity contribution in [1.82, 2.24) is 14.9 Å². The Hall–Kier alpha value is -4.39. The molecule has 3 aromatic rings. The van der Waals surface area contributed by atoms with Gasteiger partial charge in [-0.3, -0.25) is 9.59 Å². The number of anilines is 3. The molecule has 2 atom stereocenters. The molecule has 5 rings (SSSR count). The van der Waals surface area contributed by atoms with Gasteiger partial charge >= 0.3 is 18.3 Å². The van der Waals surface area contributed by atoms with E-state index in [9.17, 15) is 36.0 Å². The molecule has 19 heteroatoms. The molecule has 1 aromatic carbocycles. The Morgan fingerprint density at radius 1 is 1.12 bits per heavy atom. The maximum Gasteiger partial charge on any atom is 0.573 e. The summed E-state index contributed by atoms with van der Waals surface area (Å²) in [5.74, 6) is -3.33. The summed E-state index contributed by atoms with van der Waals surface area (Å²) in [7, 11) is -3.35. The van der Waals surface area contributed by atoms with Crippen LogP contribution in [0.1, 0.15) is 45.6 Å². The van der Waals surface area contributed by atoms with Crippen molar-refractivity contribution < 1.29 is 50.2 Å². The van der Waals surface area contributed by atoms with E-state index in [1.54, 1.807) is 20.8 Å². The lowest BCUT2D eigenvalue weighted by Crippen LogP contribution is -2.48. The number of alkyl halides is 3. The Labute approximate surface area is 285 Å². The molecule has 0 unspecified atom stereocenters. The summed E-state index contributed by atoms with van der Waals surface area (Å²) >= 11 is 1.11. The van der Waals surface area contributed by atoms with Crippen LogP contribution in [-0.4, -0.2) is 86.0 Å². The van der Waals surface area contributed by atoms with Crippen molar-refractivity contribution in [1.29, 1.82) is 0 Å². The second kappa shape index (κ2) is 14.2. The number of amides is 1. The van der Waals surface area contributed by atoms with E-state index in [-0.39, 0.29) is 34.7 Å². The predicted molar refractivity (Wildman–Crippen MR) is 173 cm³/mol. The highest BCUT2D eigenvalue weighted by Gasteiger charge is 2.45. The van der Waals surface area contributed by atoms with E-state index in [0.29, 0.717) is 10.5 Å². The number of thiazole rings is 1. The predicted octanol–water partition coefficient (Wildman–Crippen LogP) is 3.41. The number of benzene rings is 1. The van der Waals surface area contributed by atoms with E-state index in [2.05, 4.69) is 14.7 Å². The monoisotopic (exact) mass is 728 g/mol. The molecule has 2 aliphatic rings. The second-order valence-corrected chi connectivity index (χ2v) is 14.4. The number of pyridine rings is 1.